The van der Waals surface area contributed by atoms with E-state index in [2.05, 4.69) is 23.5 Å². The second-order valence-corrected chi connectivity index (χ2v) is 3.72. The average molecular weight is 372 g/mol. The molecule has 0 aliphatic heterocycles. The van der Waals surface area contributed by atoms with Gasteiger partial charge in [-0.25, -0.2) is 0 Å². The number of hydrogen-bond donors (Lipinski definition) is 2. The summed E-state index contributed by atoms with van der Waals surface area (Å²) in [4.78, 5) is 3.74. The van der Waals surface area contributed by atoms with Gasteiger partial charge in [-0.2, -0.15) is 11.8 Å². The molecule has 1 heterocycles. The van der Waals surface area contributed by atoms with Crippen LogP contribution in [0, 0.1) is 0 Å². The van der Waals surface area contributed by atoms with Crippen LogP contribution in [0.1, 0.15) is 76.2 Å². The molecule has 3 nitrogen and oxygen atoms in total. The van der Waals surface area contributed by atoms with Crippen molar-refractivity contribution in [3.63, 3.8) is 0 Å². The predicted molar refractivity (Wildman–Crippen MR) is 121 cm³/mol. The van der Waals surface area contributed by atoms with Gasteiger partial charge in [0.25, 0.3) is 0 Å². The van der Waals surface area contributed by atoms with Crippen molar-refractivity contribution in [1.82, 2.24) is 10.3 Å². The molecule has 0 radical (unpaired) electrons. The molecule has 1 aromatic heterocycles. The zero-order valence-electron chi connectivity index (χ0n) is 18.5. The largest absolute Gasteiger partial charge is 0.319 e. The van der Waals surface area contributed by atoms with Gasteiger partial charge < -0.3 is 11.1 Å². The highest BCUT2D eigenvalue weighted by Crippen LogP contribution is 1.86. The van der Waals surface area contributed by atoms with Crippen LogP contribution in [0.25, 0.3) is 0 Å². The monoisotopic (exact) mass is 371 g/mol. The smallest absolute Gasteiger partial charge is 0.0791 e. The van der Waals surface area contributed by atoms with Gasteiger partial charge in [0.05, 0.1) is 5.51 Å². The Morgan fingerprint density at radius 1 is 0.957 bits per heavy atom. The Balaban J connectivity index is -0.0000000266. The summed E-state index contributed by atoms with van der Waals surface area (Å²) >= 11 is 3.46. The van der Waals surface area contributed by atoms with Crippen LogP contribution in [-0.2, 0) is 0 Å². The Hall–Kier alpha value is -0.100. The lowest BCUT2D eigenvalue weighted by molar-refractivity contribution is 0.833. The van der Waals surface area contributed by atoms with Gasteiger partial charge in [-0.05, 0) is 19.1 Å². The lowest BCUT2D eigenvalue weighted by atomic mass is 11.0. The van der Waals surface area contributed by atoms with E-state index in [1.54, 1.807) is 30.1 Å². The summed E-state index contributed by atoms with van der Waals surface area (Å²) in [6.45, 7) is 22.7. The highest BCUT2D eigenvalue weighted by molar-refractivity contribution is 7.98. The van der Waals surface area contributed by atoms with Crippen molar-refractivity contribution in [2.75, 3.05) is 25.7 Å². The van der Waals surface area contributed by atoms with Crippen molar-refractivity contribution in [2.24, 2.45) is 5.73 Å². The van der Waals surface area contributed by atoms with Gasteiger partial charge in [-0.15, -0.1) is 11.3 Å². The maximum atomic E-state index is 4.92. The fourth-order valence-electron chi connectivity index (χ4n) is 0.176. The van der Waals surface area contributed by atoms with Gasteiger partial charge in [0, 0.05) is 18.2 Å². The number of thiazole rings is 1. The van der Waals surface area contributed by atoms with Gasteiger partial charge in [-0.3, -0.25) is 4.98 Å². The minimum absolute atomic E-state index is 0.569. The topological polar surface area (TPSA) is 50.9 Å². The summed E-state index contributed by atoms with van der Waals surface area (Å²) < 4.78 is 0. The molecule has 0 aliphatic rings. The molecule has 1 rings (SSSR count). The number of nitrogens with one attached hydrogen (secondary N) is 1. The van der Waals surface area contributed by atoms with Gasteiger partial charge in [-0.1, -0.05) is 76.2 Å². The highest BCUT2D eigenvalue weighted by Gasteiger charge is 1.59. The molecule has 0 spiro atoms. The molecule has 23 heavy (non-hydrogen) atoms. The molecule has 0 aliphatic carbocycles. The maximum Gasteiger partial charge on any atom is 0.0791 e. The van der Waals surface area contributed by atoms with E-state index < -0.39 is 0 Å². The summed E-state index contributed by atoms with van der Waals surface area (Å²) in [6.07, 6.45) is 3.87. The molecule has 148 valence electrons. The molecule has 0 aromatic carbocycles. The Kier molecular flexibility index (Phi) is 228. The van der Waals surface area contributed by atoms with E-state index in [0.29, 0.717) is 6.67 Å². The van der Waals surface area contributed by atoms with E-state index >= 15 is 0 Å². The first-order valence-corrected chi connectivity index (χ1v) is 11.3. The average Bonchev–Trinajstić information content (AvgIpc) is 3.30. The number of thioether (sulfide) groups is 1. The van der Waals surface area contributed by atoms with Crippen LogP contribution in [0.5, 0.6) is 0 Å². The first kappa shape index (κ1) is 43.4. The second kappa shape index (κ2) is 121. The maximum absolute atomic E-state index is 4.92. The number of hydrogen-bond acceptors (Lipinski definition) is 5. The van der Waals surface area contributed by atoms with Crippen molar-refractivity contribution in [3.8, 4) is 0 Å². The number of aromatic nitrogens is 1. The zero-order chi connectivity index (χ0) is 20.4. The number of rotatable bonds is 2. The van der Waals surface area contributed by atoms with Crippen LogP contribution in [-0.4, -0.2) is 30.7 Å². The molecule has 5 heteroatoms. The Morgan fingerprint density at radius 2 is 1.26 bits per heavy atom. The van der Waals surface area contributed by atoms with Crippen LogP contribution in [0.15, 0.2) is 17.1 Å². The molecule has 0 atom stereocenters. The summed E-state index contributed by atoms with van der Waals surface area (Å²) in [5.74, 6) is 1.24. The number of nitrogens with zero attached hydrogens (tertiary/aromatic N) is 1. The normalized spacial score (nSPS) is 5.65. The molecule has 0 saturated heterocycles. The summed E-state index contributed by atoms with van der Waals surface area (Å²) in [7, 11) is 1.81. The third-order valence-electron chi connectivity index (χ3n) is 0.840. The molecule has 0 fully saturated rings. The van der Waals surface area contributed by atoms with E-state index in [0.717, 1.165) is 0 Å². The van der Waals surface area contributed by atoms with Crippen molar-refractivity contribution < 1.29 is 0 Å². The first-order chi connectivity index (χ1) is 11.3. The van der Waals surface area contributed by atoms with Crippen molar-refractivity contribution in [2.45, 2.75) is 76.2 Å². The molecular weight excluding hydrogens is 322 g/mol. The van der Waals surface area contributed by atoms with Crippen LogP contribution in [0.3, 0.4) is 0 Å². The van der Waals surface area contributed by atoms with Gasteiger partial charge in [0.2, 0.25) is 0 Å². The fraction of sp³-hybridized carbons (Fsp3) is 0.833. The minimum atomic E-state index is 0.569. The molecular formula is C18H49N3S2. The van der Waals surface area contributed by atoms with Crippen LogP contribution in [0.4, 0.5) is 0 Å². The summed E-state index contributed by atoms with van der Waals surface area (Å²) in [5.41, 5.74) is 6.71. The predicted octanol–water partition coefficient (Wildman–Crippen LogP) is 6.77. The molecule has 0 amide bonds. The molecule has 1 aromatic rings. The second-order valence-electron chi connectivity index (χ2n) is 1.81. The standard InChI is InChI=1S/C3H3NS.C3H8S.C2H8N2.5C2H6/c1-2-5-3-4-1;1-3-4-2;1-4-2-3;5*1-2/h1-3H;3H2,1-2H3;4H,2-3H2,1H3;5*1-2H3. The van der Waals surface area contributed by atoms with E-state index in [1.807, 2.05) is 86.4 Å². The van der Waals surface area contributed by atoms with Crippen molar-refractivity contribution >= 4 is 23.1 Å². The van der Waals surface area contributed by atoms with Crippen LogP contribution < -0.4 is 11.1 Å². The van der Waals surface area contributed by atoms with Gasteiger partial charge in [0.1, 0.15) is 0 Å². The van der Waals surface area contributed by atoms with E-state index in [-0.39, 0.29) is 0 Å². The zero-order valence-corrected chi connectivity index (χ0v) is 20.1. The lowest BCUT2D eigenvalue weighted by Gasteiger charge is -1.77. The minimum Gasteiger partial charge on any atom is -0.319 e. The SMILES string of the molecule is CC.CC.CC.CC.CC.CCSC.CNCN.c1cscn1. The fourth-order valence-corrected chi connectivity index (χ4v) is 0.527. The third kappa shape index (κ3) is 182. The van der Waals surface area contributed by atoms with Gasteiger partial charge >= 0.3 is 0 Å². The first-order valence-electron chi connectivity index (χ1n) is 8.99. The van der Waals surface area contributed by atoms with E-state index in [1.165, 1.54) is 5.75 Å². The molecule has 0 saturated carbocycles. The molecule has 0 unspecified atom stereocenters. The lowest BCUT2D eigenvalue weighted by Crippen LogP contribution is -2.15. The Bertz CT molecular complexity index is 114. The highest BCUT2D eigenvalue weighted by atomic mass is 32.2. The quantitative estimate of drug-likeness (QED) is 0.563. The Labute approximate surface area is 158 Å². The molecule has 3 N–H and O–H groups in total. The summed E-state index contributed by atoms with van der Waals surface area (Å²) in [6, 6.07) is 0. The Morgan fingerprint density at radius 3 is 1.30 bits per heavy atom. The summed E-state index contributed by atoms with van der Waals surface area (Å²) in [5, 5.41) is 4.64. The molecule has 0 bridgehead atoms. The van der Waals surface area contributed by atoms with E-state index in [9.17, 15) is 0 Å². The third-order valence-corrected chi connectivity index (χ3v) is 1.94. The number of nitrogens with two attached hydrogens (primary N) is 1. The van der Waals surface area contributed by atoms with Crippen LogP contribution >= 0.6 is 23.1 Å². The van der Waals surface area contributed by atoms with Crippen molar-refractivity contribution in [1.29, 1.82) is 0 Å². The van der Waals surface area contributed by atoms with Gasteiger partial charge in [0.15, 0.2) is 0 Å². The van der Waals surface area contributed by atoms with Crippen molar-refractivity contribution in [3.05, 3.63) is 17.1 Å². The van der Waals surface area contributed by atoms with E-state index in [4.69, 9.17) is 5.73 Å². The van der Waals surface area contributed by atoms with Crippen LogP contribution in [0.2, 0.25) is 0 Å².